The molecule has 2 heteroatoms. The Labute approximate surface area is 108 Å². The summed E-state index contributed by atoms with van der Waals surface area (Å²) < 4.78 is 2.47. The van der Waals surface area contributed by atoms with Crippen LogP contribution in [0, 0.1) is 0 Å². The predicted molar refractivity (Wildman–Crippen MR) is 77.8 cm³/mol. The molecule has 0 bridgehead atoms. The second-order valence-corrected chi connectivity index (χ2v) is 4.95. The summed E-state index contributed by atoms with van der Waals surface area (Å²) in [5.74, 6) is 0. The summed E-state index contributed by atoms with van der Waals surface area (Å²) in [6, 6.07) is 8.77. The van der Waals surface area contributed by atoms with E-state index in [1.807, 2.05) is 7.05 Å². The van der Waals surface area contributed by atoms with Gasteiger partial charge < -0.3 is 9.88 Å². The van der Waals surface area contributed by atoms with Crippen molar-refractivity contribution in [3.8, 4) is 0 Å². The molecule has 0 aliphatic heterocycles. The molecule has 94 valence electrons. The lowest BCUT2D eigenvalue weighted by atomic mass is 9.96. The number of nitrogens with one attached hydrogen (secondary N) is 1. The molecule has 0 amide bonds. The van der Waals surface area contributed by atoms with Crippen LogP contribution in [0.5, 0.6) is 0 Å². The number of para-hydroxylation sites is 1. The third-order valence-corrected chi connectivity index (χ3v) is 3.87. The molecule has 0 saturated heterocycles. The van der Waals surface area contributed by atoms with Crippen LogP contribution < -0.4 is 5.32 Å². The van der Waals surface area contributed by atoms with Gasteiger partial charge in [0.25, 0.3) is 0 Å². The molecule has 0 radical (unpaired) electrons. The Morgan fingerprint density at radius 3 is 2.83 bits per heavy atom. The summed E-state index contributed by atoms with van der Waals surface area (Å²) in [6.07, 6.45) is 4.75. The number of aromatic nitrogens is 1. The molecule has 1 aromatic carbocycles. The highest BCUT2D eigenvalue weighted by atomic mass is 15.0. The zero-order chi connectivity index (χ0) is 12.5. The fourth-order valence-electron chi connectivity index (χ4n) is 3.10. The van der Waals surface area contributed by atoms with Crippen molar-refractivity contribution >= 4 is 17.0 Å². The van der Waals surface area contributed by atoms with Gasteiger partial charge in [0.15, 0.2) is 0 Å². The summed E-state index contributed by atoms with van der Waals surface area (Å²) in [4.78, 5) is 0. The molecule has 1 aliphatic carbocycles. The monoisotopic (exact) mass is 240 g/mol. The van der Waals surface area contributed by atoms with Crippen molar-refractivity contribution in [2.75, 3.05) is 13.6 Å². The fraction of sp³-hybridized carbons (Fsp3) is 0.375. The molecule has 3 rings (SSSR count). The summed E-state index contributed by atoms with van der Waals surface area (Å²) in [5, 5.41) is 4.67. The number of hydrogen-bond acceptors (Lipinski definition) is 1. The van der Waals surface area contributed by atoms with E-state index in [9.17, 15) is 0 Å². The lowest BCUT2D eigenvalue weighted by molar-refractivity contribution is 0.710. The zero-order valence-electron chi connectivity index (χ0n) is 11.2. The van der Waals surface area contributed by atoms with Crippen LogP contribution in [0.15, 0.2) is 29.8 Å². The van der Waals surface area contributed by atoms with Crippen LogP contribution in [0.4, 0.5) is 0 Å². The van der Waals surface area contributed by atoms with E-state index in [4.69, 9.17) is 0 Å². The largest absolute Gasteiger partial charge is 0.344 e. The van der Waals surface area contributed by atoms with E-state index in [1.54, 1.807) is 0 Å². The van der Waals surface area contributed by atoms with Gasteiger partial charge in [-0.25, -0.2) is 0 Å². The van der Waals surface area contributed by atoms with Crippen molar-refractivity contribution in [2.45, 2.75) is 26.3 Å². The minimum Gasteiger partial charge on any atom is -0.344 e. The maximum atomic E-state index is 3.26. The Balaban J connectivity index is 2.22. The zero-order valence-corrected chi connectivity index (χ0v) is 11.2. The van der Waals surface area contributed by atoms with E-state index in [-0.39, 0.29) is 0 Å². The lowest BCUT2D eigenvalue weighted by Gasteiger charge is -2.16. The average Bonchev–Trinajstić information content (AvgIpc) is 2.72. The maximum absolute atomic E-state index is 3.26. The van der Waals surface area contributed by atoms with E-state index in [0.29, 0.717) is 0 Å². The van der Waals surface area contributed by atoms with Crippen LogP contribution in [0.3, 0.4) is 0 Å². The predicted octanol–water partition coefficient (Wildman–Crippen LogP) is 3.21. The molecule has 1 heterocycles. The number of aryl methyl sites for hydroxylation is 1. The van der Waals surface area contributed by atoms with Crippen molar-refractivity contribution in [1.29, 1.82) is 0 Å². The van der Waals surface area contributed by atoms with Gasteiger partial charge in [-0.1, -0.05) is 29.8 Å². The minimum atomic E-state index is 1.01. The molecule has 0 unspecified atom stereocenters. The van der Waals surface area contributed by atoms with Crippen molar-refractivity contribution < 1.29 is 0 Å². The van der Waals surface area contributed by atoms with Gasteiger partial charge in [0.1, 0.15) is 0 Å². The first-order valence-electron chi connectivity index (χ1n) is 6.79. The van der Waals surface area contributed by atoms with Crippen molar-refractivity contribution in [2.24, 2.45) is 0 Å². The van der Waals surface area contributed by atoms with Crippen LogP contribution >= 0.6 is 0 Å². The molecule has 0 saturated carbocycles. The van der Waals surface area contributed by atoms with Gasteiger partial charge in [-0.2, -0.15) is 0 Å². The van der Waals surface area contributed by atoms with Crippen LogP contribution in [0.2, 0.25) is 0 Å². The first-order chi connectivity index (χ1) is 8.85. The van der Waals surface area contributed by atoms with E-state index in [0.717, 1.165) is 13.1 Å². The molecule has 2 nitrogen and oxygen atoms in total. The number of fused-ring (bicyclic) bond motifs is 3. The summed E-state index contributed by atoms with van der Waals surface area (Å²) in [6.45, 7) is 4.30. The molecular formula is C16H20N2. The van der Waals surface area contributed by atoms with Crippen molar-refractivity contribution in [3.05, 3.63) is 41.1 Å². The Morgan fingerprint density at radius 2 is 2.06 bits per heavy atom. The second-order valence-electron chi connectivity index (χ2n) is 4.95. The summed E-state index contributed by atoms with van der Waals surface area (Å²) >= 11 is 0. The maximum Gasteiger partial charge on any atom is 0.0488 e. The molecule has 18 heavy (non-hydrogen) atoms. The van der Waals surface area contributed by atoms with Gasteiger partial charge >= 0.3 is 0 Å². The molecule has 0 spiro atoms. The Kier molecular flexibility index (Phi) is 2.96. The van der Waals surface area contributed by atoms with Gasteiger partial charge in [-0.05, 0) is 32.9 Å². The Bertz CT molecular complexity index is 605. The molecule has 0 fully saturated rings. The third kappa shape index (κ3) is 1.68. The molecule has 0 atom stereocenters. The smallest absolute Gasteiger partial charge is 0.0488 e. The number of benzene rings is 1. The summed E-state index contributed by atoms with van der Waals surface area (Å²) in [5.41, 5.74) is 5.86. The van der Waals surface area contributed by atoms with Gasteiger partial charge in [0.2, 0.25) is 0 Å². The Hall–Kier alpha value is -1.54. The number of rotatable bonds is 3. The van der Waals surface area contributed by atoms with Crippen LogP contribution in [-0.4, -0.2) is 18.2 Å². The van der Waals surface area contributed by atoms with Gasteiger partial charge in [-0.15, -0.1) is 0 Å². The average molecular weight is 240 g/mol. The number of nitrogens with zero attached hydrogens (tertiary/aromatic N) is 1. The molecule has 2 aromatic rings. The highest BCUT2D eigenvalue weighted by Gasteiger charge is 2.18. The van der Waals surface area contributed by atoms with E-state index in [1.165, 1.54) is 40.6 Å². The minimum absolute atomic E-state index is 1.01. The normalized spacial score (nSPS) is 14.7. The first kappa shape index (κ1) is 11.5. The van der Waals surface area contributed by atoms with Crippen molar-refractivity contribution in [1.82, 2.24) is 9.88 Å². The second kappa shape index (κ2) is 4.62. The van der Waals surface area contributed by atoms with Crippen LogP contribution in [0.25, 0.3) is 17.0 Å². The van der Waals surface area contributed by atoms with Crippen LogP contribution in [-0.2, 0) is 13.0 Å². The SMILES string of the molecule is CCn1c2c(c3ccccc31)C=C(CNC)CC2. The molecule has 1 aromatic heterocycles. The lowest BCUT2D eigenvalue weighted by Crippen LogP contribution is -2.14. The summed E-state index contributed by atoms with van der Waals surface area (Å²) in [7, 11) is 2.02. The van der Waals surface area contributed by atoms with Gasteiger partial charge in [0, 0.05) is 35.2 Å². The molecular weight excluding hydrogens is 220 g/mol. The fourth-order valence-corrected chi connectivity index (χ4v) is 3.10. The van der Waals surface area contributed by atoms with E-state index in [2.05, 4.69) is 47.1 Å². The highest BCUT2D eigenvalue weighted by molar-refractivity contribution is 5.92. The van der Waals surface area contributed by atoms with Crippen LogP contribution in [0.1, 0.15) is 24.6 Å². The number of likely N-dealkylation sites (N-methyl/N-ethyl adjacent to an activating group) is 1. The topological polar surface area (TPSA) is 17.0 Å². The van der Waals surface area contributed by atoms with Gasteiger partial charge in [0.05, 0.1) is 0 Å². The number of hydrogen-bond donors (Lipinski definition) is 1. The highest BCUT2D eigenvalue weighted by Crippen LogP contribution is 2.33. The van der Waals surface area contributed by atoms with Crippen molar-refractivity contribution in [3.63, 3.8) is 0 Å². The molecule has 1 N–H and O–H groups in total. The quantitative estimate of drug-likeness (QED) is 0.871. The van der Waals surface area contributed by atoms with E-state index < -0.39 is 0 Å². The van der Waals surface area contributed by atoms with E-state index >= 15 is 0 Å². The third-order valence-electron chi connectivity index (χ3n) is 3.87. The standard InChI is InChI=1S/C16H20N2/c1-3-18-15-7-5-4-6-13(15)14-10-12(11-17-2)8-9-16(14)18/h4-7,10,17H,3,8-9,11H2,1-2H3. The first-order valence-corrected chi connectivity index (χ1v) is 6.79. The molecule has 1 aliphatic rings. The van der Waals surface area contributed by atoms with Gasteiger partial charge in [-0.3, -0.25) is 0 Å². The Morgan fingerprint density at radius 1 is 1.22 bits per heavy atom.